The molecule has 0 radical (unpaired) electrons. The van der Waals surface area contributed by atoms with Gasteiger partial charge in [0.15, 0.2) is 0 Å². The Morgan fingerprint density at radius 3 is 2.61 bits per heavy atom. The molecule has 1 aromatic carbocycles. The molecule has 100 valence electrons. The van der Waals surface area contributed by atoms with E-state index in [0.717, 1.165) is 18.0 Å². The van der Waals surface area contributed by atoms with E-state index in [4.69, 9.17) is 16.3 Å². The maximum absolute atomic E-state index is 6.07. The van der Waals surface area contributed by atoms with Gasteiger partial charge < -0.3 is 10.1 Å². The maximum Gasteiger partial charge on any atom is 0.0787 e. The van der Waals surface area contributed by atoms with Crippen LogP contribution >= 0.6 is 11.6 Å². The molecule has 0 saturated carbocycles. The second kappa shape index (κ2) is 4.84. The predicted molar refractivity (Wildman–Crippen MR) is 75.9 cm³/mol. The van der Waals surface area contributed by atoms with Crippen molar-refractivity contribution in [2.24, 2.45) is 0 Å². The molecule has 2 rings (SSSR count). The zero-order valence-electron chi connectivity index (χ0n) is 11.6. The molecule has 0 aliphatic carbocycles. The van der Waals surface area contributed by atoms with Crippen molar-refractivity contribution in [2.75, 3.05) is 0 Å². The Balaban J connectivity index is 1.98. The van der Waals surface area contributed by atoms with Gasteiger partial charge in [-0.3, -0.25) is 0 Å². The molecule has 0 aromatic heterocycles. The lowest BCUT2D eigenvalue weighted by Gasteiger charge is -2.28. The summed E-state index contributed by atoms with van der Waals surface area (Å²) in [6, 6.07) is 8.34. The minimum atomic E-state index is -0.123. The molecule has 0 bridgehead atoms. The lowest BCUT2D eigenvalue weighted by molar-refractivity contribution is -0.0699. The normalized spacial score (nSPS) is 25.3. The van der Waals surface area contributed by atoms with E-state index in [1.165, 1.54) is 5.56 Å². The highest BCUT2D eigenvalue weighted by Crippen LogP contribution is 2.37. The van der Waals surface area contributed by atoms with E-state index in [2.05, 4.69) is 39.1 Å². The molecule has 18 heavy (non-hydrogen) atoms. The molecule has 1 atom stereocenters. The zero-order valence-corrected chi connectivity index (χ0v) is 12.3. The highest BCUT2D eigenvalue weighted by Gasteiger charge is 2.45. The van der Waals surface area contributed by atoms with Crippen LogP contribution in [0.15, 0.2) is 24.3 Å². The van der Waals surface area contributed by atoms with E-state index in [1.807, 2.05) is 18.2 Å². The molecule has 0 amide bonds. The summed E-state index contributed by atoms with van der Waals surface area (Å²) >= 11 is 5.99. The molecular formula is C15H22ClNO. The van der Waals surface area contributed by atoms with Crippen molar-refractivity contribution in [3.63, 3.8) is 0 Å². The van der Waals surface area contributed by atoms with Crippen LogP contribution in [0.1, 0.15) is 39.7 Å². The SMILES string of the molecule is CC1(C)CC(NCc2cccc(Cl)c2)C(C)(C)O1. The molecule has 1 aliphatic heterocycles. The number of ether oxygens (including phenoxy) is 1. The summed E-state index contributed by atoms with van der Waals surface area (Å²) < 4.78 is 6.07. The largest absolute Gasteiger partial charge is 0.368 e. The topological polar surface area (TPSA) is 21.3 Å². The van der Waals surface area contributed by atoms with E-state index in [1.54, 1.807) is 0 Å². The summed E-state index contributed by atoms with van der Waals surface area (Å²) in [5.41, 5.74) is 1.04. The van der Waals surface area contributed by atoms with Gasteiger partial charge in [0.05, 0.1) is 11.2 Å². The Morgan fingerprint density at radius 2 is 2.06 bits per heavy atom. The van der Waals surface area contributed by atoms with Crippen LogP contribution in [0.4, 0.5) is 0 Å². The number of nitrogens with one attached hydrogen (secondary N) is 1. The van der Waals surface area contributed by atoms with Gasteiger partial charge in [0.1, 0.15) is 0 Å². The van der Waals surface area contributed by atoms with Crippen molar-refractivity contribution >= 4 is 11.6 Å². The molecule has 1 heterocycles. The van der Waals surface area contributed by atoms with E-state index < -0.39 is 0 Å². The fraction of sp³-hybridized carbons (Fsp3) is 0.600. The monoisotopic (exact) mass is 267 g/mol. The van der Waals surface area contributed by atoms with Crippen LogP contribution in [0.25, 0.3) is 0 Å². The summed E-state index contributed by atoms with van der Waals surface area (Å²) in [7, 11) is 0. The second-order valence-electron chi connectivity index (χ2n) is 6.23. The van der Waals surface area contributed by atoms with Gasteiger partial charge >= 0.3 is 0 Å². The van der Waals surface area contributed by atoms with Gasteiger partial charge in [-0.15, -0.1) is 0 Å². The molecule has 2 nitrogen and oxygen atoms in total. The lowest BCUT2D eigenvalue weighted by atomic mass is 9.94. The lowest BCUT2D eigenvalue weighted by Crippen LogP contribution is -2.42. The van der Waals surface area contributed by atoms with E-state index in [9.17, 15) is 0 Å². The smallest absolute Gasteiger partial charge is 0.0787 e. The Morgan fingerprint density at radius 1 is 1.33 bits per heavy atom. The molecular weight excluding hydrogens is 246 g/mol. The molecule has 1 fully saturated rings. The molecule has 1 unspecified atom stereocenters. The Labute approximate surface area is 115 Å². The minimum absolute atomic E-state index is 0.0461. The van der Waals surface area contributed by atoms with Crippen molar-refractivity contribution in [3.8, 4) is 0 Å². The van der Waals surface area contributed by atoms with Crippen LogP contribution in [-0.2, 0) is 11.3 Å². The summed E-state index contributed by atoms with van der Waals surface area (Å²) in [4.78, 5) is 0. The van der Waals surface area contributed by atoms with Crippen LogP contribution in [0.5, 0.6) is 0 Å². The van der Waals surface area contributed by atoms with E-state index >= 15 is 0 Å². The molecule has 1 N–H and O–H groups in total. The fourth-order valence-electron chi connectivity index (χ4n) is 2.77. The quantitative estimate of drug-likeness (QED) is 0.900. The molecule has 0 spiro atoms. The first-order valence-corrected chi connectivity index (χ1v) is 6.84. The molecule has 3 heteroatoms. The van der Waals surface area contributed by atoms with Crippen molar-refractivity contribution in [1.29, 1.82) is 0 Å². The van der Waals surface area contributed by atoms with E-state index in [0.29, 0.717) is 6.04 Å². The second-order valence-corrected chi connectivity index (χ2v) is 6.67. The summed E-state index contributed by atoms with van der Waals surface area (Å²) in [5, 5.41) is 4.38. The molecule has 1 aliphatic rings. The number of halogens is 1. The van der Waals surface area contributed by atoms with Crippen molar-refractivity contribution < 1.29 is 4.74 Å². The first-order valence-electron chi connectivity index (χ1n) is 6.46. The Kier molecular flexibility index (Phi) is 3.72. The van der Waals surface area contributed by atoms with E-state index in [-0.39, 0.29) is 11.2 Å². The Bertz CT molecular complexity index is 428. The zero-order chi connectivity index (χ0) is 13.4. The highest BCUT2D eigenvalue weighted by molar-refractivity contribution is 6.30. The third-order valence-electron chi connectivity index (χ3n) is 3.52. The summed E-state index contributed by atoms with van der Waals surface area (Å²) in [6.07, 6.45) is 1.03. The van der Waals surface area contributed by atoms with Crippen LogP contribution < -0.4 is 5.32 Å². The average molecular weight is 268 g/mol. The van der Waals surface area contributed by atoms with Crippen LogP contribution in [0.3, 0.4) is 0 Å². The molecule has 1 aromatic rings. The number of hydrogen-bond acceptors (Lipinski definition) is 2. The minimum Gasteiger partial charge on any atom is -0.368 e. The van der Waals surface area contributed by atoms with Crippen molar-refractivity contribution in [3.05, 3.63) is 34.9 Å². The van der Waals surface area contributed by atoms with Crippen molar-refractivity contribution in [2.45, 2.75) is 57.9 Å². The van der Waals surface area contributed by atoms with Gasteiger partial charge in [0.2, 0.25) is 0 Å². The molecule has 1 saturated heterocycles. The van der Waals surface area contributed by atoms with Gasteiger partial charge in [-0.1, -0.05) is 23.7 Å². The van der Waals surface area contributed by atoms with Crippen molar-refractivity contribution in [1.82, 2.24) is 5.32 Å². The summed E-state index contributed by atoms with van der Waals surface area (Å²) in [6.45, 7) is 9.43. The first kappa shape index (κ1) is 13.9. The van der Waals surface area contributed by atoms with Gasteiger partial charge in [0.25, 0.3) is 0 Å². The predicted octanol–water partition coefficient (Wildman–Crippen LogP) is 3.78. The maximum atomic E-state index is 6.07. The fourth-order valence-corrected chi connectivity index (χ4v) is 2.98. The highest BCUT2D eigenvalue weighted by atomic mass is 35.5. The van der Waals surface area contributed by atoms with Gasteiger partial charge in [-0.05, 0) is 51.8 Å². The average Bonchev–Trinajstić information content (AvgIpc) is 2.43. The van der Waals surface area contributed by atoms with Crippen LogP contribution in [0, 0.1) is 0 Å². The number of benzene rings is 1. The number of hydrogen-bond donors (Lipinski definition) is 1. The third-order valence-corrected chi connectivity index (χ3v) is 3.75. The number of rotatable bonds is 3. The van der Waals surface area contributed by atoms with Gasteiger partial charge in [-0.2, -0.15) is 0 Å². The first-order chi connectivity index (χ1) is 8.28. The summed E-state index contributed by atoms with van der Waals surface area (Å²) in [5.74, 6) is 0. The Hall–Kier alpha value is -0.570. The van der Waals surface area contributed by atoms with Crippen LogP contribution in [0.2, 0.25) is 5.02 Å². The third kappa shape index (κ3) is 3.25. The van der Waals surface area contributed by atoms with Gasteiger partial charge in [-0.25, -0.2) is 0 Å². The van der Waals surface area contributed by atoms with Gasteiger partial charge in [0, 0.05) is 17.6 Å². The van der Waals surface area contributed by atoms with Crippen LogP contribution in [-0.4, -0.2) is 17.2 Å². The standard InChI is InChI=1S/C15H22ClNO/c1-14(2)9-13(15(3,4)18-14)17-10-11-6-5-7-12(16)8-11/h5-8,13,17H,9-10H2,1-4H3.